The minimum absolute atomic E-state index is 0.130. The van der Waals surface area contributed by atoms with E-state index in [1.165, 1.54) is 116 Å². The number of rotatable bonds is 69. The van der Waals surface area contributed by atoms with Gasteiger partial charge in [-0.1, -0.05) is 311 Å². The summed E-state index contributed by atoms with van der Waals surface area (Å²) in [5.41, 5.74) is 0. The number of phosphoric ester groups is 1. The highest BCUT2D eigenvalue weighted by molar-refractivity contribution is 7.46. The van der Waals surface area contributed by atoms with Gasteiger partial charge in [0.1, 0.15) is 54.8 Å². The molecule has 2 amide bonds. The summed E-state index contributed by atoms with van der Waals surface area (Å²) in [6.07, 6.45) is 31.8. The van der Waals surface area contributed by atoms with E-state index in [1.807, 2.05) is 0 Å². The van der Waals surface area contributed by atoms with E-state index in [9.17, 15) is 63.9 Å². The summed E-state index contributed by atoms with van der Waals surface area (Å²) in [5, 5.41) is 61.2. The molecule has 5 unspecified atom stereocenters. The molecule has 103 heavy (non-hydrogen) atoms. The van der Waals surface area contributed by atoms with Crippen LogP contribution in [-0.2, 0) is 61.5 Å². The van der Waals surface area contributed by atoms with Gasteiger partial charge in [-0.05, 0) is 44.9 Å². The Bertz CT molecular complexity index is 2140. The van der Waals surface area contributed by atoms with Gasteiger partial charge < -0.3 is 74.4 Å². The van der Waals surface area contributed by atoms with E-state index in [1.54, 1.807) is 0 Å². The van der Waals surface area contributed by atoms with E-state index in [0.717, 1.165) is 154 Å². The Balaban J connectivity index is 2.53. The largest absolute Gasteiger partial charge is 0.470 e. The molecular formula is C80H151N2O20P. The standard InChI is InChI=1S/C80H151N2O20P/c1-6-11-16-21-26-31-32-37-42-47-52-57-71(88)98-65(55-50-45-40-35-29-24-19-14-9-4)60-72(89)101-78-74(82-69(86)59-64(54-49-44-39-34-28-23-18-13-8-3)97-70(87)56-51-46-41-36-30-25-20-15-10-5)80(100-66(61-83)77(78)102-103(93,94)95)96-62-67-75(90)76(91)73(79(92)99-67)81-68(85)58-63(84)53-48-43-38-33-27-22-17-12-7-2/h63-67,73-80,83-84,90-92H,6-62H2,1-5H3,(H,81,85)(H,82,86)(H2,93,94,95)/t63-,64-,65-,66?,67?,73?,74+,75-,76-,77-,78?,79?,80-/m1/s1. The first-order valence-corrected chi connectivity index (χ1v) is 43.5. The van der Waals surface area contributed by atoms with Gasteiger partial charge in [0.25, 0.3) is 0 Å². The van der Waals surface area contributed by atoms with Crippen LogP contribution in [0.1, 0.15) is 388 Å². The van der Waals surface area contributed by atoms with E-state index in [4.69, 9.17) is 32.9 Å². The summed E-state index contributed by atoms with van der Waals surface area (Å²) in [6.45, 7) is 9.17. The number of nitrogens with one attached hydrogen (secondary N) is 2. The molecule has 22 nitrogen and oxygen atoms in total. The summed E-state index contributed by atoms with van der Waals surface area (Å²) in [5.74, 6) is -3.46. The van der Waals surface area contributed by atoms with Crippen molar-refractivity contribution in [2.45, 2.75) is 467 Å². The number of esters is 3. The zero-order valence-electron chi connectivity index (χ0n) is 65.2. The minimum atomic E-state index is -5.55. The molecule has 2 rings (SSSR count). The van der Waals surface area contributed by atoms with Crippen molar-refractivity contribution in [2.24, 2.45) is 0 Å². The predicted octanol–water partition coefficient (Wildman–Crippen LogP) is 16.3. The molecule has 606 valence electrons. The first kappa shape index (κ1) is 96.2. The fourth-order valence-corrected chi connectivity index (χ4v) is 14.6. The first-order chi connectivity index (χ1) is 49.8. The van der Waals surface area contributed by atoms with Crippen molar-refractivity contribution in [3.05, 3.63) is 0 Å². The van der Waals surface area contributed by atoms with Crippen molar-refractivity contribution in [3.8, 4) is 0 Å². The molecule has 0 aliphatic carbocycles. The Morgan fingerprint density at radius 3 is 1.15 bits per heavy atom. The number of unbranched alkanes of at least 4 members (excludes halogenated alkanes) is 42. The Morgan fingerprint density at radius 2 is 0.757 bits per heavy atom. The van der Waals surface area contributed by atoms with Gasteiger partial charge in [0.15, 0.2) is 18.7 Å². The predicted molar refractivity (Wildman–Crippen MR) is 403 cm³/mol. The maximum absolute atomic E-state index is 14.8. The lowest BCUT2D eigenvalue weighted by atomic mass is 9.95. The summed E-state index contributed by atoms with van der Waals surface area (Å²) < 4.78 is 54.7. The monoisotopic (exact) mass is 1490 g/mol. The lowest BCUT2D eigenvalue weighted by Gasteiger charge is -2.46. The fraction of sp³-hybridized carbons (Fsp3) is 0.938. The highest BCUT2D eigenvalue weighted by Crippen LogP contribution is 2.43. The number of hydrogen-bond acceptors (Lipinski definition) is 18. The van der Waals surface area contributed by atoms with E-state index < -0.39 is 143 Å². The van der Waals surface area contributed by atoms with Crippen molar-refractivity contribution < 1.29 is 96.8 Å². The van der Waals surface area contributed by atoms with Gasteiger partial charge in [-0.2, -0.15) is 0 Å². The number of ether oxygens (including phenoxy) is 6. The van der Waals surface area contributed by atoms with Crippen LogP contribution in [0, 0.1) is 0 Å². The van der Waals surface area contributed by atoms with Crippen LogP contribution in [-0.4, -0.2) is 158 Å². The quantitative estimate of drug-likeness (QED) is 0.0118. The maximum atomic E-state index is 14.8. The summed E-state index contributed by atoms with van der Waals surface area (Å²) in [4.78, 5) is 90.9. The number of hydrogen-bond donors (Lipinski definition) is 9. The van der Waals surface area contributed by atoms with Crippen LogP contribution < -0.4 is 10.6 Å². The van der Waals surface area contributed by atoms with Crippen molar-refractivity contribution in [1.82, 2.24) is 10.6 Å². The molecule has 13 atom stereocenters. The second kappa shape index (κ2) is 63.0. The minimum Gasteiger partial charge on any atom is -0.462 e. The second-order valence-electron chi connectivity index (χ2n) is 30.0. The Kier molecular flexibility index (Phi) is 58.8. The van der Waals surface area contributed by atoms with Gasteiger partial charge in [0, 0.05) is 12.8 Å². The normalized spacial score (nSPS) is 21.6. The molecule has 2 aliphatic heterocycles. The van der Waals surface area contributed by atoms with Crippen molar-refractivity contribution >= 4 is 37.5 Å². The highest BCUT2D eigenvalue weighted by Gasteiger charge is 2.53. The van der Waals surface area contributed by atoms with E-state index in [-0.39, 0.29) is 19.3 Å². The average Bonchev–Trinajstić information content (AvgIpc) is 0.772. The SMILES string of the molecule is CCCCCCCCCCCCCC(=O)O[C@H](CCCCCCCCCCC)CC(=O)OC1[C@H](OP(=O)(O)O)C(CO)O[C@@H](OCC2OC(O)C(NC(=O)C[C@H](O)CCCCCCCCCCC)[C@@H](O)[C@@H]2O)[C@H]1NC(=O)C[C@@H](CCCCCCCCCCC)OC(=O)CCCCCCCCCCC. The number of carbonyl (C=O) groups is 5. The number of phosphoric acid groups is 1. The van der Waals surface area contributed by atoms with Crippen molar-refractivity contribution in [1.29, 1.82) is 0 Å². The highest BCUT2D eigenvalue weighted by atomic mass is 31.2. The molecule has 0 bridgehead atoms. The molecule has 0 saturated carbocycles. The second-order valence-corrected chi connectivity index (χ2v) is 31.2. The Morgan fingerprint density at radius 1 is 0.408 bits per heavy atom. The smallest absolute Gasteiger partial charge is 0.462 e. The number of aliphatic hydroxyl groups excluding tert-OH is 5. The third-order valence-electron chi connectivity index (χ3n) is 20.3. The molecule has 2 heterocycles. The molecule has 2 saturated heterocycles. The van der Waals surface area contributed by atoms with Gasteiger partial charge in [-0.15, -0.1) is 0 Å². The van der Waals surface area contributed by atoms with Gasteiger partial charge in [0.2, 0.25) is 11.8 Å². The zero-order chi connectivity index (χ0) is 75.6. The average molecular weight is 1490 g/mol. The molecule has 0 radical (unpaired) electrons. The van der Waals surface area contributed by atoms with Gasteiger partial charge in [-0.25, -0.2) is 4.57 Å². The van der Waals surface area contributed by atoms with Gasteiger partial charge in [-0.3, -0.25) is 28.5 Å². The molecule has 0 aromatic carbocycles. The summed E-state index contributed by atoms with van der Waals surface area (Å²) in [6, 6.07) is -3.31. The maximum Gasteiger partial charge on any atom is 0.470 e. The third-order valence-corrected chi connectivity index (χ3v) is 20.9. The molecular weight excluding hydrogens is 1340 g/mol. The number of amides is 2. The summed E-state index contributed by atoms with van der Waals surface area (Å²) in [7, 11) is -5.55. The van der Waals surface area contributed by atoms with Crippen LogP contribution in [0.3, 0.4) is 0 Å². The van der Waals surface area contributed by atoms with Crippen molar-refractivity contribution in [3.63, 3.8) is 0 Å². The van der Waals surface area contributed by atoms with Crippen LogP contribution in [0.5, 0.6) is 0 Å². The van der Waals surface area contributed by atoms with Gasteiger partial charge >= 0.3 is 25.7 Å². The first-order valence-electron chi connectivity index (χ1n) is 42.0. The molecule has 0 aromatic rings. The van der Waals surface area contributed by atoms with Crippen LogP contribution >= 0.6 is 7.82 Å². The molecule has 9 N–H and O–H groups in total. The lowest BCUT2D eigenvalue weighted by molar-refractivity contribution is -0.297. The van der Waals surface area contributed by atoms with Gasteiger partial charge in [0.05, 0.1) is 38.6 Å². The molecule has 0 aromatic heterocycles. The third kappa shape index (κ3) is 49.0. The van der Waals surface area contributed by atoms with Crippen molar-refractivity contribution in [2.75, 3.05) is 13.2 Å². The molecule has 0 spiro atoms. The van der Waals surface area contributed by atoms with Crippen LogP contribution in [0.15, 0.2) is 0 Å². The van der Waals surface area contributed by atoms with Crippen LogP contribution in [0.2, 0.25) is 0 Å². The van der Waals surface area contributed by atoms with E-state index >= 15 is 0 Å². The molecule has 23 heteroatoms. The Labute approximate surface area is 622 Å². The number of carbonyl (C=O) groups excluding carboxylic acids is 5. The van der Waals surface area contributed by atoms with E-state index in [2.05, 4.69) is 45.3 Å². The Hall–Kier alpha value is -2.86. The van der Waals surface area contributed by atoms with Crippen LogP contribution in [0.25, 0.3) is 0 Å². The number of aliphatic hydroxyl groups is 5. The van der Waals surface area contributed by atoms with E-state index in [0.29, 0.717) is 51.4 Å². The molecule has 2 fully saturated rings. The molecule has 2 aliphatic rings. The topological polar surface area (TPSA) is 333 Å². The zero-order valence-corrected chi connectivity index (χ0v) is 66.1. The summed E-state index contributed by atoms with van der Waals surface area (Å²) >= 11 is 0. The van der Waals surface area contributed by atoms with Crippen LogP contribution in [0.4, 0.5) is 0 Å². The lowest BCUT2D eigenvalue weighted by Crippen LogP contribution is -2.67. The fourth-order valence-electron chi connectivity index (χ4n) is 14.1.